The molecule has 2 heterocycles. The Hall–Kier alpha value is -2.01. The van der Waals surface area contributed by atoms with Crippen LogP contribution in [-0.4, -0.2) is 15.9 Å². The molecule has 0 aliphatic heterocycles. The standard InChI is InChI=1S/C12H9ClFN3O/c1-7-5-8(6-9(13)15-7)12(18)17-11-4-2-3-10(14)16-11/h2-6H,1H3,(H,16,17,18). The number of carbonyl (C=O) groups is 1. The van der Waals surface area contributed by atoms with E-state index >= 15 is 0 Å². The van der Waals surface area contributed by atoms with Gasteiger partial charge in [-0.15, -0.1) is 0 Å². The minimum absolute atomic E-state index is 0.144. The summed E-state index contributed by atoms with van der Waals surface area (Å²) in [5, 5.41) is 2.71. The molecule has 0 saturated carbocycles. The summed E-state index contributed by atoms with van der Waals surface area (Å²) in [5.41, 5.74) is 0.971. The number of halogens is 2. The molecule has 1 N–H and O–H groups in total. The zero-order valence-electron chi connectivity index (χ0n) is 9.45. The number of aromatic nitrogens is 2. The van der Waals surface area contributed by atoms with E-state index in [1.807, 2.05) is 0 Å². The number of rotatable bonds is 2. The van der Waals surface area contributed by atoms with Gasteiger partial charge in [-0.2, -0.15) is 4.39 Å². The number of carbonyl (C=O) groups excluding carboxylic acids is 1. The highest BCUT2D eigenvalue weighted by Gasteiger charge is 2.09. The van der Waals surface area contributed by atoms with Crippen molar-refractivity contribution in [2.75, 3.05) is 5.32 Å². The van der Waals surface area contributed by atoms with Gasteiger partial charge in [0, 0.05) is 11.3 Å². The Bertz CT molecular complexity index is 583. The molecule has 18 heavy (non-hydrogen) atoms. The van der Waals surface area contributed by atoms with Crippen molar-refractivity contribution in [1.29, 1.82) is 0 Å². The molecular formula is C12H9ClFN3O. The summed E-state index contributed by atoms with van der Waals surface area (Å²) < 4.78 is 12.9. The number of nitrogens with zero attached hydrogens (tertiary/aromatic N) is 2. The van der Waals surface area contributed by atoms with E-state index in [0.29, 0.717) is 11.3 Å². The molecule has 0 spiro atoms. The lowest BCUT2D eigenvalue weighted by atomic mass is 10.2. The molecule has 0 radical (unpaired) electrons. The molecule has 92 valence electrons. The summed E-state index contributed by atoms with van der Waals surface area (Å²) >= 11 is 5.76. The fourth-order valence-electron chi connectivity index (χ4n) is 1.43. The smallest absolute Gasteiger partial charge is 0.256 e. The molecule has 0 aromatic carbocycles. The van der Waals surface area contributed by atoms with Gasteiger partial charge in [-0.3, -0.25) is 4.79 Å². The zero-order chi connectivity index (χ0) is 13.1. The Kier molecular flexibility index (Phi) is 3.53. The number of anilines is 1. The lowest BCUT2D eigenvalue weighted by Crippen LogP contribution is -2.13. The van der Waals surface area contributed by atoms with Crippen LogP contribution in [0.4, 0.5) is 10.2 Å². The lowest BCUT2D eigenvalue weighted by molar-refractivity contribution is 0.102. The second-order valence-corrected chi connectivity index (χ2v) is 4.01. The van der Waals surface area contributed by atoms with E-state index in [2.05, 4.69) is 15.3 Å². The van der Waals surface area contributed by atoms with Crippen molar-refractivity contribution in [3.05, 3.63) is 52.7 Å². The molecule has 4 nitrogen and oxygen atoms in total. The Morgan fingerprint density at radius 3 is 2.78 bits per heavy atom. The number of pyridine rings is 2. The summed E-state index contributed by atoms with van der Waals surface area (Å²) in [6, 6.07) is 7.17. The van der Waals surface area contributed by atoms with E-state index in [4.69, 9.17) is 11.6 Å². The monoisotopic (exact) mass is 265 g/mol. The first kappa shape index (κ1) is 12.4. The third kappa shape index (κ3) is 3.01. The van der Waals surface area contributed by atoms with E-state index in [0.717, 1.165) is 0 Å². The number of amides is 1. The maximum Gasteiger partial charge on any atom is 0.256 e. The van der Waals surface area contributed by atoms with Gasteiger partial charge in [0.05, 0.1) is 0 Å². The van der Waals surface area contributed by atoms with Crippen molar-refractivity contribution in [3.8, 4) is 0 Å². The Balaban J connectivity index is 2.22. The number of hydrogen-bond acceptors (Lipinski definition) is 3. The minimum atomic E-state index is -0.656. The van der Waals surface area contributed by atoms with Crippen molar-refractivity contribution in [3.63, 3.8) is 0 Å². The average Bonchev–Trinajstić information content (AvgIpc) is 2.27. The van der Waals surface area contributed by atoms with Crippen LogP contribution >= 0.6 is 11.6 Å². The van der Waals surface area contributed by atoms with Gasteiger partial charge in [0.1, 0.15) is 11.0 Å². The van der Waals surface area contributed by atoms with Crippen LogP contribution in [0.1, 0.15) is 16.1 Å². The van der Waals surface area contributed by atoms with Crippen molar-refractivity contribution < 1.29 is 9.18 Å². The molecule has 0 unspecified atom stereocenters. The first-order chi connectivity index (χ1) is 8.54. The van der Waals surface area contributed by atoms with Crippen LogP contribution in [0, 0.1) is 12.9 Å². The van der Waals surface area contributed by atoms with Crippen LogP contribution in [-0.2, 0) is 0 Å². The molecule has 1 amide bonds. The van der Waals surface area contributed by atoms with Crippen LogP contribution in [0.5, 0.6) is 0 Å². The van der Waals surface area contributed by atoms with Crippen LogP contribution in [0.25, 0.3) is 0 Å². The van der Waals surface area contributed by atoms with Crippen molar-refractivity contribution in [2.45, 2.75) is 6.92 Å². The summed E-state index contributed by atoms with van der Waals surface area (Å²) in [6.07, 6.45) is 0. The largest absolute Gasteiger partial charge is 0.306 e. The molecule has 2 aromatic rings. The fourth-order valence-corrected chi connectivity index (χ4v) is 1.68. The highest BCUT2D eigenvalue weighted by molar-refractivity contribution is 6.29. The number of nitrogens with one attached hydrogen (secondary N) is 1. The summed E-state index contributed by atoms with van der Waals surface area (Å²) in [4.78, 5) is 19.4. The Morgan fingerprint density at radius 2 is 2.11 bits per heavy atom. The maximum atomic E-state index is 12.9. The van der Waals surface area contributed by atoms with Gasteiger partial charge in [0.2, 0.25) is 5.95 Å². The minimum Gasteiger partial charge on any atom is -0.306 e. The van der Waals surface area contributed by atoms with Gasteiger partial charge in [-0.25, -0.2) is 9.97 Å². The Morgan fingerprint density at radius 1 is 1.33 bits per heavy atom. The van der Waals surface area contributed by atoms with Crippen molar-refractivity contribution in [1.82, 2.24) is 9.97 Å². The summed E-state index contributed by atoms with van der Waals surface area (Å²) in [6.45, 7) is 1.73. The predicted octanol–water partition coefficient (Wildman–Crippen LogP) is 2.83. The van der Waals surface area contributed by atoms with Crippen LogP contribution in [0.15, 0.2) is 30.3 Å². The topological polar surface area (TPSA) is 54.9 Å². The number of hydrogen-bond donors (Lipinski definition) is 1. The molecule has 0 atom stereocenters. The second kappa shape index (κ2) is 5.10. The van der Waals surface area contributed by atoms with Gasteiger partial charge in [-0.05, 0) is 31.2 Å². The second-order valence-electron chi connectivity index (χ2n) is 3.62. The first-order valence-corrected chi connectivity index (χ1v) is 5.50. The fraction of sp³-hybridized carbons (Fsp3) is 0.0833. The van der Waals surface area contributed by atoms with E-state index in [1.54, 1.807) is 13.0 Å². The SMILES string of the molecule is Cc1cc(C(=O)Nc2cccc(F)n2)cc(Cl)n1. The van der Waals surface area contributed by atoms with Gasteiger partial charge in [0.25, 0.3) is 5.91 Å². The highest BCUT2D eigenvalue weighted by Crippen LogP contribution is 2.12. The van der Waals surface area contributed by atoms with Crippen LogP contribution in [0.2, 0.25) is 5.15 Å². The van der Waals surface area contributed by atoms with E-state index in [-0.39, 0.29) is 11.0 Å². The van der Waals surface area contributed by atoms with Crippen molar-refractivity contribution >= 4 is 23.3 Å². The van der Waals surface area contributed by atoms with Gasteiger partial charge < -0.3 is 5.32 Å². The van der Waals surface area contributed by atoms with Gasteiger partial charge in [0.15, 0.2) is 0 Å². The predicted molar refractivity (Wildman–Crippen MR) is 66.1 cm³/mol. The molecule has 2 rings (SSSR count). The van der Waals surface area contributed by atoms with Crippen molar-refractivity contribution in [2.24, 2.45) is 0 Å². The average molecular weight is 266 g/mol. The third-order valence-corrected chi connectivity index (χ3v) is 2.33. The van der Waals surface area contributed by atoms with Gasteiger partial charge >= 0.3 is 0 Å². The third-order valence-electron chi connectivity index (χ3n) is 2.14. The lowest BCUT2D eigenvalue weighted by Gasteiger charge is -2.05. The number of aryl methyl sites for hydroxylation is 1. The first-order valence-electron chi connectivity index (χ1n) is 5.13. The zero-order valence-corrected chi connectivity index (χ0v) is 10.2. The van der Waals surface area contributed by atoms with E-state index in [9.17, 15) is 9.18 Å². The molecule has 0 fully saturated rings. The molecule has 2 aromatic heterocycles. The summed E-state index contributed by atoms with van der Waals surface area (Å²) in [7, 11) is 0. The molecule has 0 aliphatic rings. The van der Waals surface area contributed by atoms with Crippen LogP contribution in [0.3, 0.4) is 0 Å². The van der Waals surface area contributed by atoms with Gasteiger partial charge in [-0.1, -0.05) is 17.7 Å². The molecule has 0 aliphatic carbocycles. The molecule has 0 saturated heterocycles. The van der Waals surface area contributed by atoms with Crippen LogP contribution < -0.4 is 5.32 Å². The normalized spacial score (nSPS) is 10.2. The molecule has 0 bridgehead atoms. The Labute approximate surface area is 108 Å². The highest BCUT2D eigenvalue weighted by atomic mass is 35.5. The maximum absolute atomic E-state index is 12.9. The molecular weight excluding hydrogens is 257 g/mol. The quantitative estimate of drug-likeness (QED) is 0.850. The van der Waals surface area contributed by atoms with E-state index < -0.39 is 11.9 Å². The molecule has 6 heteroatoms. The summed E-state index contributed by atoms with van der Waals surface area (Å²) in [5.74, 6) is -0.928. The van der Waals surface area contributed by atoms with E-state index in [1.165, 1.54) is 24.3 Å².